The summed E-state index contributed by atoms with van der Waals surface area (Å²) >= 11 is 0. The summed E-state index contributed by atoms with van der Waals surface area (Å²) in [5, 5.41) is 7.77. The summed E-state index contributed by atoms with van der Waals surface area (Å²) in [4.78, 5) is 11.4. The lowest BCUT2D eigenvalue weighted by molar-refractivity contribution is 0.987. The fourth-order valence-electron chi connectivity index (χ4n) is 10.3. The molecule has 0 atom stereocenters. The highest BCUT2D eigenvalue weighted by atomic mass is 15.2. The van der Waals surface area contributed by atoms with Crippen molar-refractivity contribution in [2.24, 2.45) is 0 Å². The molecule has 0 saturated carbocycles. The van der Waals surface area contributed by atoms with Crippen LogP contribution in [0, 0.1) is 0 Å². The van der Waals surface area contributed by atoms with Gasteiger partial charge in [-0.2, -0.15) is 0 Å². The van der Waals surface area contributed by atoms with E-state index in [0.29, 0.717) is 39.3 Å². The second-order valence-electron chi connectivity index (χ2n) is 16.3. The first-order chi connectivity index (χ1) is 33.5. The lowest BCUT2D eigenvalue weighted by atomic mass is 10.1. The zero-order valence-corrected chi connectivity index (χ0v) is 34.2. The van der Waals surface area contributed by atoms with Crippen LogP contribution in [0.15, 0.2) is 218 Å². The Hall–Kier alpha value is -8.74. The fourth-order valence-corrected chi connectivity index (χ4v) is 10.3. The van der Waals surface area contributed by atoms with E-state index in [2.05, 4.69) is 165 Å². The van der Waals surface area contributed by atoms with Crippen molar-refractivity contribution in [3.8, 4) is 34.4 Å². The maximum absolute atomic E-state index is 9.47. The van der Waals surface area contributed by atoms with Crippen LogP contribution in [0.2, 0.25) is 0 Å². The molecule has 5 heterocycles. The number of hydrogen-bond donors (Lipinski definition) is 0. The van der Waals surface area contributed by atoms with E-state index in [1.807, 2.05) is 47.0 Å². The van der Waals surface area contributed by atoms with Crippen LogP contribution >= 0.6 is 0 Å². The van der Waals surface area contributed by atoms with E-state index in [9.17, 15) is 2.74 Å². The Bertz CT molecular complexity index is 4170. The summed E-state index contributed by atoms with van der Waals surface area (Å²) in [6, 6.07) is 66.0. The van der Waals surface area contributed by atoms with Gasteiger partial charge in [0.05, 0.1) is 66.6 Å². The van der Waals surface area contributed by atoms with Crippen LogP contribution in [0.4, 0.5) is 0 Å². The summed E-state index contributed by atoms with van der Waals surface area (Å²) in [7, 11) is 0. The van der Waals surface area contributed by atoms with Crippen LogP contribution in [-0.4, -0.2) is 28.2 Å². The molecule has 5 aromatic heterocycles. The summed E-state index contributed by atoms with van der Waals surface area (Å²) < 4.78 is 45.1. The monoisotopic (exact) mass is 820 g/mol. The molecule has 9 aromatic carbocycles. The average molecular weight is 821 g/mol. The third kappa shape index (κ3) is 4.85. The number of rotatable bonds is 5. The molecule has 298 valence electrons. The fraction of sp³-hybridized carbons (Fsp3) is 0. The first kappa shape index (κ1) is 31.2. The average Bonchev–Trinajstić information content (AvgIpc) is 4.12. The van der Waals surface area contributed by atoms with Gasteiger partial charge in [0.1, 0.15) is 11.6 Å². The van der Waals surface area contributed by atoms with E-state index in [1.54, 1.807) is 0 Å². The molecule has 0 amide bonds. The second kappa shape index (κ2) is 13.4. The highest BCUT2D eigenvalue weighted by Crippen LogP contribution is 2.43. The second-order valence-corrected chi connectivity index (χ2v) is 16.3. The molecule has 0 aliphatic heterocycles. The molecular formula is C58H36N6. The Morgan fingerprint density at radius 1 is 0.297 bits per heavy atom. The quantitative estimate of drug-likeness (QED) is 0.174. The van der Waals surface area contributed by atoms with Gasteiger partial charge in [-0.05, 0) is 60.6 Å². The molecule has 0 fully saturated rings. The standard InChI is InChI=1S/C58H36N6/c1-9-26-45-37(18-1)38-19-2-10-27-46(38)61(45)53-34-17-35-54(62-47-28-11-3-20-39(47)40-21-4-12-29-48(40)62)57(53)58-59-55(63-49-30-13-5-22-41(49)42-23-6-14-31-50(42)63)36-56(60-58)64-51-32-15-7-24-43(51)44-25-8-16-33-52(44)64/h1-36H/i5D,13D,22D,30D. The maximum atomic E-state index is 9.47. The van der Waals surface area contributed by atoms with E-state index in [0.717, 1.165) is 82.4 Å². The van der Waals surface area contributed by atoms with Gasteiger partial charge in [-0.25, -0.2) is 9.97 Å². The molecule has 0 saturated heterocycles. The molecule has 14 aromatic rings. The van der Waals surface area contributed by atoms with Gasteiger partial charge in [-0.15, -0.1) is 0 Å². The minimum absolute atomic E-state index is 0.0989. The zero-order valence-electron chi connectivity index (χ0n) is 38.2. The van der Waals surface area contributed by atoms with Gasteiger partial charge in [-0.1, -0.05) is 152 Å². The van der Waals surface area contributed by atoms with E-state index in [1.165, 1.54) is 0 Å². The minimum atomic E-state index is -0.311. The van der Waals surface area contributed by atoms with Crippen molar-refractivity contribution in [1.82, 2.24) is 28.2 Å². The molecule has 6 nitrogen and oxygen atoms in total. The van der Waals surface area contributed by atoms with Crippen LogP contribution in [0.25, 0.3) is 122 Å². The van der Waals surface area contributed by atoms with Crippen LogP contribution < -0.4 is 0 Å². The van der Waals surface area contributed by atoms with Crippen LogP contribution in [-0.2, 0) is 0 Å². The van der Waals surface area contributed by atoms with Crippen molar-refractivity contribution >= 4 is 87.2 Å². The molecule has 0 bridgehead atoms. The smallest absolute Gasteiger partial charge is 0.168 e. The number of para-hydroxylation sites is 8. The third-order valence-corrected chi connectivity index (χ3v) is 12.9. The van der Waals surface area contributed by atoms with Crippen molar-refractivity contribution in [2.75, 3.05) is 0 Å². The van der Waals surface area contributed by atoms with Crippen molar-refractivity contribution in [3.63, 3.8) is 0 Å². The van der Waals surface area contributed by atoms with E-state index in [4.69, 9.17) is 12.7 Å². The normalized spacial score (nSPS) is 12.9. The number of hydrogen-bond acceptors (Lipinski definition) is 2. The topological polar surface area (TPSA) is 45.5 Å². The van der Waals surface area contributed by atoms with Gasteiger partial charge in [0.15, 0.2) is 5.82 Å². The first-order valence-electron chi connectivity index (χ1n) is 23.4. The van der Waals surface area contributed by atoms with E-state index in [-0.39, 0.29) is 24.2 Å². The molecule has 0 spiro atoms. The van der Waals surface area contributed by atoms with Crippen molar-refractivity contribution in [1.29, 1.82) is 0 Å². The Balaban J connectivity index is 1.20. The first-order valence-corrected chi connectivity index (χ1v) is 21.4. The number of aromatic nitrogens is 6. The molecule has 6 heteroatoms. The molecule has 0 aliphatic rings. The zero-order chi connectivity index (χ0) is 45.4. The van der Waals surface area contributed by atoms with Crippen molar-refractivity contribution in [2.45, 2.75) is 0 Å². The number of fused-ring (bicyclic) bond motifs is 12. The molecule has 0 aliphatic carbocycles. The summed E-state index contributed by atoms with van der Waals surface area (Å²) in [6.45, 7) is 0. The van der Waals surface area contributed by atoms with Crippen LogP contribution in [0.3, 0.4) is 0 Å². The van der Waals surface area contributed by atoms with Crippen LogP contribution in [0.5, 0.6) is 0 Å². The van der Waals surface area contributed by atoms with Gasteiger partial charge in [-0.3, -0.25) is 9.13 Å². The molecule has 14 rings (SSSR count). The largest absolute Gasteiger partial charge is 0.308 e. The van der Waals surface area contributed by atoms with Gasteiger partial charge < -0.3 is 9.13 Å². The van der Waals surface area contributed by atoms with Gasteiger partial charge in [0.2, 0.25) is 0 Å². The molecule has 64 heavy (non-hydrogen) atoms. The van der Waals surface area contributed by atoms with E-state index < -0.39 is 0 Å². The predicted molar refractivity (Wildman–Crippen MR) is 265 cm³/mol. The molecule has 0 unspecified atom stereocenters. The highest BCUT2D eigenvalue weighted by molar-refractivity contribution is 6.13. The lowest BCUT2D eigenvalue weighted by Gasteiger charge is -2.20. The van der Waals surface area contributed by atoms with Gasteiger partial charge in [0.25, 0.3) is 0 Å². The molecule has 0 N–H and O–H groups in total. The highest BCUT2D eigenvalue weighted by Gasteiger charge is 2.26. The Morgan fingerprint density at radius 2 is 0.609 bits per heavy atom. The number of benzene rings is 9. The van der Waals surface area contributed by atoms with Crippen LogP contribution in [0.1, 0.15) is 5.48 Å². The Kier molecular flexibility index (Phi) is 6.51. The predicted octanol–water partition coefficient (Wildman–Crippen LogP) is 14.5. The summed E-state index contributed by atoms with van der Waals surface area (Å²) in [6.07, 6.45) is 0. The number of nitrogens with zero attached hydrogens (tertiary/aromatic N) is 6. The van der Waals surface area contributed by atoms with E-state index >= 15 is 0 Å². The van der Waals surface area contributed by atoms with Crippen molar-refractivity contribution in [3.05, 3.63) is 218 Å². The summed E-state index contributed by atoms with van der Waals surface area (Å²) in [5.74, 6) is 1.48. The Labute approximate surface area is 372 Å². The minimum Gasteiger partial charge on any atom is -0.308 e. The molecule has 0 radical (unpaired) electrons. The third-order valence-electron chi connectivity index (χ3n) is 12.9. The van der Waals surface area contributed by atoms with Gasteiger partial charge in [0, 0.05) is 49.2 Å². The Morgan fingerprint density at radius 3 is 1.00 bits per heavy atom. The maximum Gasteiger partial charge on any atom is 0.168 e. The lowest BCUT2D eigenvalue weighted by Crippen LogP contribution is -2.10. The van der Waals surface area contributed by atoms with Gasteiger partial charge >= 0.3 is 0 Å². The molecular weight excluding hydrogens is 781 g/mol. The summed E-state index contributed by atoms with van der Waals surface area (Å²) in [5.41, 5.74) is 9.62. The van der Waals surface area contributed by atoms with Crippen molar-refractivity contribution < 1.29 is 5.48 Å². The SMILES string of the molecule is [2H]c1c([2H])c([2H])c2c(c1[2H])c1ccccc1n2-c1cc(-n2c3ccccc3c3ccccc32)nc(-c2c(-n3c4ccccc4c4ccccc43)cccc2-n2c3ccccc3c3ccccc32)n1.